The Hall–Kier alpha value is -2.26. The number of carbonyl (C=O) groups is 1. The Bertz CT molecular complexity index is 554. The summed E-state index contributed by atoms with van der Waals surface area (Å²) in [6, 6.07) is 9.98. The molecule has 0 spiro atoms. The molecule has 0 unspecified atom stereocenters. The minimum Gasteiger partial charge on any atom is -0.369 e. The van der Waals surface area contributed by atoms with Gasteiger partial charge in [0.25, 0.3) is 0 Å². The van der Waals surface area contributed by atoms with Gasteiger partial charge in [-0.2, -0.15) is 5.26 Å². The number of rotatable bonds is 2. The first kappa shape index (κ1) is 11.2. The molecule has 17 heavy (non-hydrogen) atoms. The van der Waals surface area contributed by atoms with Crippen LogP contribution in [-0.4, -0.2) is 5.91 Å². The molecule has 0 heterocycles. The highest BCUT2D eigenvalue weighted by molar-refractivity contribution is 5.76. The second-order valence-electron chi connectivity index (χ2n) is 4.22. The smallest absolute Gasteiger partial charge is 0.229 e. The highest BCUT2D eigenvalue weighted by Gasteiger charge is 2.44. The zero-order valence-electron chi connectivity index (χ0n) is 9.36. The number of nitrogens with zero attached hydrogens (tertiary/aromatic N) is 1. The zero-order valence-corrected chi connectivity index (χ0v) is 9.36. The maximum Gasteiger partial charge on any atom is 0.229 e. The van der Waals surface area contributed by atoms with Gasteiger partial charge in [0.05, 0.1) is 17.9 Å². The molecule has 1 fully saturated rings. The molecule has 0 atom stereocenters. The van der Waals surface area contributed by atoms with E-state index < -0.39 is 5.91 Å². The van der Waals surface area contributed by atoms with E-state index >= 15 is 0 Å². The van der Waals surface area contributed by atoms with Crippen LogP contribution in [-0.2, 0) is 10.2 Å². The van der Waals surface area contributed by atoms with Gasteiger partial charge < -0.3 is 5.73 Å². The van der Waals surface area contributed by atoms with E-state index in [2.05, 4.69) is 17.9 Å². The van der Waals surface area contributed by atoms with Crippen LogP contribution in [0.1, 0.15) is 30.4 Å². The molecular formula is C14H12N2O. The van der Waals surface area contributed by atoms with Crippen molar-refractivity contribution in [3.63, 3.8) is 0 Å². The third-order valence-electron chi connectivity index (χ3n) is 2.87. The maximum absolute atomic E-state index is 10.5. The molecule has 3 heteroatoms. The molecule has 2 N–H and O–H groups in total. The lowest BCUT2D eigenvalue weighted by molar-refractivity contribution is -0.117. The third-order valence-corrected chi connectivity index (χ3v) is 2.87. The zero-order chi connectivity index (χ0) is 12.3. The number of nitrogens with two attached hydrogens (primary N) is 1. The van der Waals surface area contributed by atoms with Gasteiger partial charge in [-0.15, -0.1) is 0 Å². The van der Waals surface area contributed by atoms with E-state index in [1.54, 1.807) is 0 Å². The summed E-state index contributed by atoms with van der Waals surface area (Å²) in [5.41, 5.74) is 6.56. The van der Waals surface area contributed by atoms with Gasteiger partial charge in [0.1, 0.15) is 0 Å². The topological polar surface area (TPSA) is 66.9 Å². The number of primary amides is 1. The Kier molecular flexibility index (Phi) is 2.85. The van der Waals surface area contributed by atoms with Crippen LogP contribution in [0.2, 0.25) is 0 Å². The summed E-state index contributed by atoms with van der Waals surface area (Å²) in [5, 5.41) is 9.10. The van der Waals surface area contributed by atoms with Crippen molar-refractivity contribution in [2.45, 2.75) is 24.7 Å². The van der Waals surface area contributed by atoms with Crippen LogP contribution in [0.15, 0.2) is 24.3 Å². The van der Waals surface area contributed by atoms with Crippen LogP contribution in [0.4, 0.5) is 0 Å². The maximum atomic E-state index is 10.5. The molecule has 0 saturated heterocycles. The molecule has 1 saturated carbocycles. The molecule has 1 aliphatic carbocycles. The van der Waals surface area contributed by atoms with Gasteiger partial charge in [-0.1, -0.05) is 24.0 Å². The fourth-order valence-electron chi connectivity index (χ4n) is 1.72. The fourth-order valence-corrected chi connectivity index (χ4v) is 1.72. The summed E-state index contributed by atoms with van der Waals surface area (Å²) in [5.74, 6) is 5.16. The van der Waals surface area contributed by atoms with Crippen molar-refractivity contribution in [1.29, 1.82) is 5.26 Å². The van der Waals surface area contributed by atoms with Crippen molar-refractivity contribution in [3.8, 4) is 17.9 Å². The van der Waals surface area contributed by atoms with E-state index in [0.29, 0.717) is 0 Å². The molecular weight excluding hydrogens is 212 g/mol. The fraction of sp³-hybridized carbons (Fsp3) is 0.286. The van der Waals surface area contributed by atoms with Crippen LogP contribution in [0.25, 0.3) is 0 Å². The number of nitriles is 1. The van der Waals surface area contributed by atoms with Crippen LogP contribution in [0.3, 0.4) is 0 Å². The number of amides is 1. The quantitative estimate of drug-likeness (QED) is 0.773. The molecule has 1 amide bonds. The summed E-state index contributed by atoms with van der Waals surface area (Å²) in [6.07, 6.45) is 1.90. The van der Waals surface area contributed by atoms with Crippen LogP contribution < -0.4 is 5.73 Å². The lowest BCUT2D eigenvalue weighted by atomic mass is 9.96. The lowest BCUT2D eigenvalue weighted by Gasteiger charge is -2.05. The summed E-state index contributed by atoms with van der Waals surface area (Å²) in [4.78, 5) is 10.5. The Morgan fingerprint density at radius 2 is 2.24 bits per heavy atom. The monoisotopic (exact) mass is 224 g/mol. The van der Waals surface area contributed by atoms with Crippen LogP contribution >= 0.6 is 0 Å². The van der Waals surface area contributed by atoms with Crippen molar-refractivity contribution in [3.05, 3.63) is 35.4 Å². The molecule has 84 valence electrons. The van der Waals surface area contributed by atoms with Gasteiger partial charge >= 0.3 is 0 Å². The molecule has 2 rings (SSSR count). The highest BCUT2D eigenvalue weighted by Crippen LogP contribution is 2.47. The summed E-state index contributed by atoms with van der Waals surface area (Å²) < 4.78 is 0. The molecule has 0 radical (unpaired) electrons. The van der Waals surface area contributed by atoms with Crippen molar-refractivity contribution in [2.24, 2.45) is 5.73 Å². The Morgan fingerprint density at radius 3 is 2.82 bits per heavy atom. The molecule has 1 aliphatic rings. The summed E-state index contributed by atoms with van der Waals surface area (Å²) >= 11 is 0. The Morgan fingerprint density at radius 1 is 1.47 bits per heavy atom. The average molecular weight is 224 g/mol. The minimum atomic E-state index is -0.427. The number of hydrogen-bond donors (Lipinski definition) is 1. The number of carbonyl (C=O) groups excluding carboxylic acids is 1. The van der Waals surface area contributed by atoms with E-state index in [1.807, 2.05) is 24.3 Å². The summed E-state index contributed by atoms with van der Waals surface area (Å²) in [7, 11) is 0. The second kappa shape index (κ2) is 4.31. The summed E-state index contributed by atoms with van der Waals surface area (Å²) in [6.45, 7) is 0. The highest BCUT2D eigenvalue weighted by atomic mass is 16.1. The molecule has 0 aromatic heterocycles. The van der Waals surface area contributed by atoms with Crippen LogP contribution in [0.5, 0.6) is 0 Å². The first-order chi connectivity index (χ1) is 8.16. The predicted molar refractivity (Wildman–Crippen MR) is 63.7 cm³/mol. The molecule has 1 aromatic carbocycles. The lowest BCUT2D eigenvalue weighted by Crippen LogP contribution is -2.08. The second-order valence-corrected chi connectivity index (χ2v) is 4.22. The number of hydrogen-bond acceptors (Lipinski definition) is 2. The first-order valence-electron chi connectivity index (χ1n) is 5.45. The van der Waals surface area contributed by atoms with Gasteiger partial charge in [0.15, 0.2) is 0 Å². The molecule has 1 aromatic rings. The van der Waals surface area contributed by atoms with Gasteiger partial charge in [-0.05, 0) is 30.5 Å². The van der Waals surface area contributed by atoms with Crippen molar-refractivity contribution in [2.75, 3.05) is 0 Å². The van der Waals surface area contributed by atoms with E-state index in [-0.39, 0.29) is 11.8 Å². The first-order valence-corrected chi connectivity index (χ1v) is 5.45. The van der Waals surface area contributed by atoms with Crippen molar-refractivity contribution in [1.82, 2.24) is 0 Å². The largest absolute Gasteiger partial charge is 0.369 e. The Balaban J connectivity index is 2.20. The third kappa shape index (κ3) is 2.46. The van der Waals surface area contributed by atoms with Crippen LogP contribution in [0, 0.1) is 23.2 Å². The van der Waals surface area contributed by atoms with Crippen molar-refractivity contribution >= 4 is 5.91 Å². The minimum absolute atomic E-state index is 0.0631. The predicted octanol–water partition coefficient (Wildman–Crippen LogP) is 1.47. The van der Waals surface area contributed by atoms with E-state index in [1.165, 1.54) is 0 Å². The van der Waals surface area contributed by atoms with Gasteiger partial charge in [0, 0.05) is 5.56 Å². The van der Waals surface area contributed by atoms with Gasteiger partial charge in [-0.3, -0.25) is 4.79 Å². The van der Waals surface area contributed by atoms with E-state index in [9.17, 15) is 4.79 Å². The van der Waals surface area contributed by atoms with E-state index in [4.69, 9.17) is 11.0 Å². The SMILES string of the molecule is N#CC1(c2cccc(C#CCC(N)=O)c2)CC1. The van der Waals surface area contributed by atoms with Gasteiger partial charge in [0.2, 0.25) is 5.91 Å². The molecule has 0 aliphatic heterocycles. The Labute approximate surface area is 100 Å². The van der Waals surface area contributed by atoms with Crippen molar-refractivity contribution < 1.29 is 4.79 Å². The number of benzene rings is 1. The molecule has 0 bridgehead atoms. The standard InChI is InChI=1S/C14H12N2O/c15-10-14(7-8-14)12-5-1-3-11(9-12)4-2-6-13(16)17/h1,3,5,9H,6-8H2,(H2,16,17). The van der Waals surface area contributed by atoms with E-state index in [0.717, 1.165) is 24.0 Å². The average Bonchev–Trinajstić information content (AvgIpc) is 3.10. The normalized spacial score (nSPS) is 15.2. The van der Waals surface area contributed by atoms with Gasteiger partial charge in [-0.25, -0.2) is 0 Å². The molecule has 3 nitrogen and oxygen atoms in total.